The van der Waals surface area contributed by atoms with Gasteiger partial charge < -0.3 is 10.4 Å². The van der Waals surface area contributed by atoms with Crippen LogP contribution >= 0.6 is 11.6 Å². The molecule has 0 fully saturated rings. The third kappa shape index (κ3) is 3.86. The number of fused-ring (bicyclic) bond motifs is 1. The van der Waals surface area contributed by atoms with Gasteiger partial charge in [-0.25, -0.2) is 19.0 Å². The number of rotatable bonds is 5. The minimum atomic E-state index is -0.911. The first-order valence-electron chi connectivity index (χ1n) is 8.53. The number of hydrogen-bond donors (Lipinski definition) is 2. The number of aromatic nitrogens is 3. The molecule has 0 aliphatic heterocycles. The van der Waals surface area contributed by atoms with Crippen molar-refractivity contribution >= 4 is 39.8 Å². The van der Waals surface area contributed by atoms with E-state index in [1.165, 1.54) is 4.57 Å². The Morgan fingerprint density at radius 3 is 2.71 bits per heavy atom. The number of halogens is 2. The van der Waals surface area contributed by atoms with E-state index < -0.39 is 11.4 Å². The molecule has 0 amide bonds. The number of aryl methyl sites for hydroxylation is 2. The lowest BCUT2D eigenvalue weighted by atomic mass is 10.1. The van der Waals surface area contributed by atoms with E-state index in [-0.39, 0.29) is 22.3 Å². The fourth-order valence-corrected chi connectivity index (χ4v) is 3.03. The van der Waals surface area contributed by atoms with Crippen LogP contribution in [0.15, 0.2) is 29.1 Å². The molecule has 1 aromatic carbocycles. The molecule has 0 bridgehead atoms. The average Bonchev–Trinajstić information content (AvgIpc) is 2.86. The Hall–Kier alpha value is -2.89. The second kappa shape index (κ2) is 7.26. The zero-order valence-corrected chi connectivity index (χ0v) is 16.4. The molecule has 3 rings (SSSR count). The first-order valence-corrected chi connectivity index (χ1v) is 8.90. The average molecular weight is 404 g/mol. The molecule has 0 unspecified atom stereocenters. The number of imidazole rings is 1. The summed E-state index contributed by atoms with van der Waals surface area (Å²) in [6.07, 6.45) is 0.396. The van der Waals surface area contributed by atoms with Crippen LogP contribution in [0.1, 0.15) is 20.3 Å². The van der Waals surface area contributed by atoms with Crippen molar-refractivity contribution in [1.82, 2.24) is 14.1 Å². The van der Waals surface area contributed by atoms with Gasteiger partial charge in [-0.15, -0.1) is 0 Å². The molecular formula is C19H19ClFN5O2. The third-order valence-electron chi connectivity index (χ3n) is 4.39. The zero-order chi connectivity index (χ0) is 20.6. The molecule has 2 heterocycles. The first-order chi connectivity index (χ1) is 13.1. The van der Waals surface area contributed by atoms with Crippen LogP contribution in [0.4, 0.5) is 21.6 Å². The summed E-state index contributed by atoms with van der Waals surface area (Å²) in [5.74, 6) is -0.818. The summed E-state index contributed by atoms with van der Waals surface area (Å²) >= 11 is 5.89. The SMILES string of the molecule is [C-]#[N+]c1cc(F)c(Nc2ccc3c(c2)n(CCC(C)(C)O)c(=O)n3C)nc1Cl. The quantitative estimate of drug-likeness (QED) is 0.499. The fraction of sp³-hybridized carbons (Fsp3) is 0.316. The van der Waals surface area contributed by atoms with Crippen molar-refractivity contribution in [3.8, 4) is 0 Å². The molecule has 146 valence electrons. The van der Waals surface area contributed by atoms with Crippen molar-refractivity contribution in [2.45, 2.75) is 32.4 Å². The summed E-state index contributed by atoms with van der Waals surface area (Å²) in [6.45, 7) is 10.7. The number of nitrogens with zero attached hydrogens (tertiary/aromatic N) is 4. The molecule has 0 atom stereocenters. The molecule has 0 spiro atoms. The largest absolute Gasteiger partial charge is 0.390 e. The Morgan fingerprint density at radius 2 is 2.07 bits per heavy atom. The molecule has 0 aliphatic carbocycles. The monoisotopic (exact) mass is 403 g/mol. The van der Waals surface area contributed by atoms with Crippen molar-refractivity contribution in [1.29, 1.82) is 0 Å². The van der Waals surface area contributed by atoms with Gasteiger partial charge in [-0.05, 0) is 44.5 Å². The van der Waals surface area contributed by atoms with Crippen LogP contribution in [0, 0.1) is 12.4 Å². The minimum absolute atomic E-state index is 0.0660. The van der Waals surface area contributed by atoms with Gasteiger partial charge in [0.1, 0.15) is 5.15 Å². The van der Waals surface area contributed by atoms with Gasteiger partial charge in [-0.1, -0.05) is 11.6 Å². The van der Waals surface area contributed by atoms with Crippen LogP contribution in [-0.4, -0.2) is 24.8 Å². The summed E-state index contributed by atoms with van der Waals surface area (Å²) in [6, 6.07) is 6.16. The van der Waals surface area contributed by atoms with Crippen molar-refractivity contribution in [3.05, 3.63) is 57.1 Å². The molecule has 2 N–H and O–H groups in total. The van der Waals surface area contributed by atoms with Gasteiger partial charge in [0.15, 0.2) is 11.6 Å². The van der Waals surface area contributed by atoms with Gasteiger partial charge in [0.25, 0.3) is 0 Å². The Bertz CT molecular complexity index is 1150. The van der Waals surface area contributed by atoms with Crippen LogP contribution in [-0.2, 0) is 13.6 Å². The van der Waals surface area contributed by atoms with E-state index in [4.69, 9.17) is 18.2 Å². The molecule has 0 saturated heterocycles. The molecule has 7 nitrogen and oxygen atoms in total. The predicted molar refractivity (Wildman–Crippen MR) is 107 cm³/mol. The lowest BCUT2D eigenvalue weighted by Gasteiger charge is -2.17. The maximum absolute atomic E-state index is 14.2. The van der Waals surface area contributed by atoms with Crippen LogP contribution in [0.2, 0.25) is 5.15 Å². The van der Waals surface area contributed by atoms with E-state index in [1.54, 1.807) is 43.7 Å². The molecule has 0 saturated carbocycles. The first kappa shape index (κ1) is 19.9. The van der Waals surface area contributed by atoms with Gasteiger partial charge in [0, 0.05) is 19.3 Å². The summed E-state index contributed by atoms with van der Waals surface area (Å²) in [7, 11) is 1.67. The highest BCUT2D eigenvalue weighted by molar-refractivity contribution is 6.32. The Labute approximate surface area is 165 Å². The van der Waals surface area contributed by atoms with Gasteiger partial charge in [0.2, 0.25) is 5.69 Å². The number of nitrogens with one attached hydrogen (secondary N) is 1. The van der Waals surface area contributed by atoms with E-state index in [1.807, 2.05) is 0 Å². The fourth-order valence-electron chi connectivity index (χ4n) is 2.85. The van der Waals surface area contributed by atoms with Crippen molar-refractivity contribution < 1.29 is 9.50 Å². The van der Waals surface area contributed by atoms with Gasteiger partial charge >= 0.3 is 5.69 Å². The second-order valence-electron chi connectivity index (χ2n) is 7.12. The number of benzene rings is 1. The molecule has 2 aromatic heterocycles. The number of hydrogen-bond acceptors (Lipinski definition) is 4. The van der Waals surface area contributed by atoms with Crippen LogP contribution in [0.3, 0.4) is 0 Å². The topological polar surface area (TPSA) is 76.4 Å². The molecule has 28 heavy (non-hydrogen) atoms. The normalized spacial score (nSPS) is 11.6. The highest BCUT2D eigenvalue weighted by Crippen LogP contribution is 2.29. The van der Waals surface area contributed by atoms with Crippen molar-refractivity contribution in [2.24, 2.45) is 7.05 Å². The number of aliphatic hydroxyl groups is 1. The van der Waals surface area contributed by atoms with Crippen LogP contribution in [0.25, 0.3) is 15.9 Å². The minimum Gasteiger partial charge on any atom is -0.390 e. The van der Waals surface area contributed by atoms with Gasteiger partial charge in [-0.2, -0.15) is 0 Å². The van der Waals surface area contributed by atoms with Crippen molar-refractivity contribution in [2.75, 3.05) is 5.32 Å². The number of anilines is 2. The molecule has 3 aromatic rings. The summed E-state index contributed by atoms with van der Waals surface area (Å²) in [5, 5.41) is 12.7. The Morgan fingerprint density at radius 1 is 1.36 bits per heavy atom. The van der Waals surface area contributed by atoms with E-state index in [0.29, 0.717) is 29.7 Å². The highest BCUT2D eigenvalue weighted by atomic mass is 35.5. The molecule has 0 radical (unpaired) electrons. The van der Waals surface area contributed by atoms with Crippen molar-refractivity contribution in [3.63, 3.8) is 0 Å². The lowest BCUT2D eigenvalue weighted by molar-refractivity contribution is 0.0662. The maximum atomic E-state index is 14.2. The van der Waals surface area contributed by atoms with Crippen LogP contribution < -0.4 is 11.0 Å². The van der Waals surface area contributed by atoms with Gasteiger partial charge in [-0.3, -0.25) is 9.13 Å². The van der Waals surface area contributed by atoms with E-state index in [2.05, 4.69) is 15.1 Å². The van der Waals surface area contributed by atoms with E-state index in [9.17, 15) is 14.3 Å². The summed E-state index contributed by atoms with van der Waals surface area (Å²) in [5.41, 5.74) is 0.681. The lowest BCUT2D eigenvalue weighted by Crippen LogP contribution is -2.27. The smallest absolute Gasteiger partial charge is 0.328 e. The Kier molecular flexibility index (Phi) is 5.15. The maximum Gasteiger partial charge on any atom is 0.328 e. The standard InChI is InChI=1S/C19H19ClFN5O2/c1-19(2,28)7-8-26-15-9-11(5-6-14(15)25(4)18(26)27)23-17-12(21)10-13(22-3)16(20)24-17/h5-6,9-10,28H,7-8H2,1-2,4H3,(H,23,24). The predicted octanol–water partition coefficient (Wildman–Crippen LogP) is 3.98. The second-order valence-corrected chi connectivity index (χ2v) is 7.48. The molecular weight excluding hydrogens is 385 g/mol. The zero-order valence-electron chi connectivity index (χ0n) is 15.6. The summed E-state index contributed by atoms with van der Waals surface area (Å²) in [4.78, 5) is 19.6. The van der Waals surface area contributed by atoms with E-state index >= 15 is 0 Å². The third-order valence-corrected chi connectivity index (χ3v) is 4.66. The number of pyridine rings is 1. The Balaban J connectivity index is 2.01. The van der Waals surface area contributed by atoms with E-state index in [0.717, 1.165) is 6.07 Å². The molecule has 9 heteroatoms. The van der Waals surface area contributed by atoms with Gasteiger partial charge in [0.05, 0.1) is 23.2 Å². The molecule has 0 aliphatic rings. The highest BCUT2D eigenvalue weighted by Gasteiger charge is 2.17. The van der Waals surface area contributed by atoms with Crippen LogP contribution in [0.5, 0.6) is 0 Å². The summed E-state index contributed by atoms with van der Waals surface area (Å²) < 4.78 is 17.3.